The second-order valence-electron chi connectivity index (χ2n) is 8.01. The van der Waals surface area contributed by atoms with Crippen LogP contribution in [-0.2, 0) is 9.59 Å². The SMILES string of the molecule is CCNCCC(=O)N1CCN(C(=O)c2cc(OC)cc(OC)c2)CC1.N#CC1CCCN1C=O. The summed E-state index contributed by atoms with van der Waals surface area (Å²) in [6.45, 7) is 6.52. The molecule has 0 saturated carbocycles. The van der Waals surface area contributed by atoms with E-state index < -0.39 is 0 Å². The smallest absolute Gasteiger partial charge is 0.254 e. The van der Waals surface area contributed by atoms with Gasteiger partial charge in [0.05, 0.1) is 20.3 Å². The van der Waals surface area contributed by atoms with E-state index in [-0.39, 0.29) is 17.9 Å². The van der Waals surface area contributed by atoms with Gasteiger partial charge in [0, 0.05) is 57.3 Å². The number of methoxy groups -OCH3 is 2. The first-order chi connectivity index (χ1) is 16.5. The molecule has 0 aromatic heterocycles. The van der Waals surface area contributed by atoms with Crippen molar-refractivity contribution in [3.05, 3.63) is 23.8 Å². The number of carbonyl (C=O) groups excluding carboxylic acids is 3. The van der Waals surface area contributed by atoms with Gasteiger partial charge in [0.2, 0.25) is 12.3 Å². The maximum atomic E-state index is 12.7. The van der Waals surface area contributed by atoms with Crippen molar-refractivity contribution in [2.24, 2.45) is 0 Å². The standard InChI is InChI=1S/C18H27N3O4.C6H8N2O/c1-4-19-6-5-17(22)20-7-9-21(10-8-20)18(23)14-11-15(24-2)13-16(12-14)25-3;7-4-6-2-1-3-8(6)5-9/h11-13,19H,4-10H2,1-3H3;5-6H,1-3H2. The molecule has 1 aromatic rings. The number of benzene rings is 1. The molecule has 10 heteroatoms. The number of nitrogens with zero attached hydrogens (tertiary/aromatic N) is 4. The van der Waals surface area contributed by atoms with Crippen LogP contribution < -0.4 is 14.8 Å². The molecular weight excluding hydrogens is 438 g/mol. The molecule has 0 aliphatic carbocycles. The van der Waals surface area contributed by atoms with Crippen LogP contribution in [0.3, 0.4) is 0 Å². The topological polar surface area (TPSA) is 115 Å². The first kappa shape index (κ1) is 26.9. The molecule has 2 saturated heterocycles. The van der Waals surface area contributed by atoms with Crippen LogP contribution in [0.4, 0.5) is 0 Å². The van der Waals surface area contributed by atoms with Crippen molar-refractivity contribution < 1.29 is 23.9 Å². The zero-order valence-electron chi connectivity index (χ0n) is 20.3. The Hall–Kier alpha value is -3.32. The Morgan fingerprint density at radius 2 is 1.71 bits per heavy atom. The van der Waals surface area contributed by atoms with E-state index >= 15 is 0 Å². The predicted octanol–water partition coefficient (Wildman–Crippen LogP) is 1.12. The van der Waals surface area contributed by atoms with Crippen LogP contribution in [0.2, 0.25) is 0 Å². The summed E-state index contributed by atoms with van der Waals surface area (Å²) in [6, 6.07) is 7.06. The monoisotopic (exact) mass is 473 g/mol. The van der Waals surface area contributed by atoms with Crippen molar-refractivity contribution in [1.82, 2.24) is 20.0 Å². The number of hydrogen-bond acceptors (Lipinski definition) is 7. The van der Waals surface area contributed by atoms with Gasteiger partial charge in [-0.2, -0.15) is 5.26 Å². The summed E-state index contributed by atoms with van der Waals surface area (Å²) in [7, 11) is 3.11. The highest BCUT2D eigenvalue weighted by molar-refractivity contribution is 5.95. The lowest BCUT2D eigenvalue weighted by Gasteiger charge is -2.35. The minimum absolute atomic E-state index is 0.0723. The van der Waals surface area contributed by atoms with Crippen LogP contribution in [-0.4, -0.2) is 99.0 Å². The van der Waals surface area contributed by atoms with E-state index in [2.05, 4.69) is 11.4 Å². The molecule has 2 aliphatic heterocycles. The van der Waals surface area contributed by atoms with Gasteiger partial charge in [0.15, 0.2) is 0 Å². The third-order valence-corrected chi connectivity index (χ3v) is 5.86. The lowest BCUT2D eigenvalue weighted by Crippen LogP contribution is -2.50. The number of piperazine rings is 1. The highest BCUT2D eigenvalue weighted by atomic mass is 16.5. The molecule has 2 aliphatic rings. The van der Waals surface area contributed by atoms with E-state index in [1.165, 1.54) is 0 Å². The Balaban J connectivity index is 0.000000379. The van der Waals surface area contributed by atoms with Gasteiger partial charge < -0.3 is 29.5 Å². The number of nitriles is 1. The molecule has 1 unspecified atom stereocenters. The molecule has 2 heterocycles. The average molecular weight is 474 g/mol. The lowest BCUT2D eigenvalue weighted by molar-refractivity contribution is -0.132. The number of amides is 3. The molecule has 34 heavy (non-hydrogen) atoms. The fraction of sp³-hybridized carbons (Fsp3) is 0.583. The van der Waals surface area contributed by atoms with Crippen LogP contribution in [0.15, 0.2) is 18.2 Å². The minimum Gasteiger partial charge on any atom is -0.497 e. The van der Waals surface area contributed by atoms with Gasteiger partial charge in [-0.3, -0.25) is 14.4 Å². The van der Waals surface area contributed by atoms with E-state index in [9.17, 15) is 14.4 Å². The van der Waals surface area contributed by atoms with Crippen molar-refractivity contribution in [1.29, 1.82) is 5.26 Å². The Morgan fingerprint density at radius 1 is 1.09 bits per heavy atom. The third-order valence-electron chi connectivity index (χ3n) is 5.86. The van der Waals surface area contributed by atoms with Crippen LogP contribution in [0.25, 0.3) is 0 Å². The maximum Gasteiger partial charge on any atom is 0.254 e. The van der Waals surface area contributed by atoms with Gasteiger partial charge in [-0.15, -0.1) is 0 Å². The number of hydrogen-bond donors (Lipinski definition) is 1. The van der Waals surface area contributed by atoms with E-state index in [4.69, 9.17) is 14.7 Å². The van der Waals surface area contributed by atoms with Crippen molar-refractivity contribution >= 4 is 18.2 Å². The van der Waals surface area contributed by atoms with Crippen LogP contribution in [0, 0.1) is 11.3 Å². The van der Waals surface area contributed by atoms with Crippen LogP contribution in [0.1, 0.15) is 36.5 Å². The van der Waals surface area contributed by atoms with Gasteiger partial charge in [-0.1, -0.05) is 6.92 Å². The fourth-order valence-electron chi connectivity index (χ4n) is 3.86. The predicted molar refractivity (Wildman–Crippen MR) is 127 cm³/mol. The maximum absolute atomic E-state index is 12.7. The molecule has 2 fully saturated rings. The van der Waals surface area contributed by atoms with Crippen molar-refractivity contribution in [3.63, 3.8) is 0 Å². The molecule has 3 amide bonds. The Labute approximate surface area is 201 Å². The Kier molecular flexibility index (Phi) is 11.1. The van der Waals surface area contributed by atoms with Crippen molar-refractivity contribution in [3.8, 4) is 17.6 Å². The first-order valence-electron chi connectivity index (χ1n) is 11.6. The van der Waals surface area contributed by atoms with E-state index in [0.717, 1.165) is 32.3 Å². The van der Waals surface area contributed by atoms with E-state index in [1.807, 2.05) is 11.8 Å². The summed E-state index contributed by atoms with van der Waals surface area (Å²) in [5.74, 6) is 1.23. The molecule has 186 valence electrons. The summed E-state index contributed by atoms with van der Waals surface area (Å²) in [4.78, 5) is 40.1. The minimum atomic E-state index is -0.150. The molecule has 3 rings (SSSR count). The van der Waals surface area contributed by atoms with Gasteiger partial charge in [0.1, 0.15) is 17.5 Å². The quantitative estimate of drug-likeness (QED) is 0.444. The van der Waals surface area contributed by atoms with Crippen molar-refractivity contribution in [2.45, 2.75) is 32.2 Å². The zero-order chi connectivity index (χ0) is 24.9. The number of likely N-dealkylation sites (tertiary alicyclic amines) is 1. The summed E-state index contributed by atoms with van der Waals surface area (Å²) in [5.41, 5.74) is 0.531. The first-order valence-corrected chi connectivity index (χ1v) is 11.6. The lowest BCUT2D eigenvalue weighted by atomic mass is 10.1. The highest BCUT2D eigenvalue weighted by Crippen LogP contribution is 2.24. The average Bonchev–Trinajstić information content (AvgIpc) is 3.36. The number of rotatable bonds is 8. The Bertz CT molecular complexity index is 842. The molecule has 10 nitrogen and oxygen atoms in total. The molecule has 1 N–H and O–H groups in total. The molecule has 1 aromatic carbocycles. The van der Waals surface area contributed by atoms with Gasteiger partial charge in [-0.25, -0.2) is 0 Å². The molecule has 0 radical (unpaired) electrons. The van der Waals surface area contributed by atoms with Crippen molar-refractivity contribution in [2.75, 3.05) is 60.0 Å². The summed E-state index contributed by atoms with van der Waals surface area (Å²) in [5, 5.41) is 11.6. The number of carbonyl (C=O) groups is 3. The van der Waals surface area contributed by atoms with Crippen LogP contribution >= 0.6 is 0 Å². The third kappa shape index (κ3) is 7.63. The Morgan fingerprint density at radius 3 is 2.21 bits per heavy atom. The second kappa shape index (κ2) is 14.1. The van der Waals surface area contributed by atoms with Gasteiger partial charge in [0.25, 0.3) is 5.91 Å². The molecule has 1 atom stereocenters. The number of nitrogens with one attached hydrogen (secondary N) is 1. The van der Waals surface area contributed by atoms with Gasteiger partial charge >= 0.3 is 0 Å². The number of ether oxygens (including phenoxy) is 2. The van der Waals surface area contributed by atoms with E-state index in [0.29, 0.717) is 56.2 Å². The summed E-state index contributed by atoms with van der Waals surface area (Å²) in [6.07, 6.45) is 3.06. The largest absolute Gasteiger partial charge is 0.497 e. The summed E-state index contributed by atoms with van der Waals surface area (Å²) >= 11 is 0. The van der Waals surface area contributed by atoms with E-state index in [1.54, 1.807) is 42.2 Å². The molecule has 0 bridgehead atoms. The molecule has 0 spiro atoms. The normalized spacial score (nSPS) is 17.4. The second-order valence-corrected chi connectivity index (χ2v) is 8.01. The summed E-state index contributed by atoms with van der Waals surface area (Å²) < 4.78 is 10.4. The fourth-order valence-corrected chi connectivity index (χ4v) is 3.86. The van der Waals surface area contributed by atoms with Gasteiger partial charge in [-0.05, 0) is 31.5 Å². The highest BCUT2D eigenvalue weighted by Gasteiger charge is 2.25. The molecular formula is C24H35N5O5. The van der Waals surface area contributed by atoms with Crippen LogP contribution in [0.5, 0.6) is 11.5 Å². The zero-order valence-corrected chi connectivity index (χ0v) is 20.3.